The van der Waals surface area contributed by atoms with E-state index >= 15 is 0 Å². The molecule has 0 atom stereocenters. The van der Waals surface area contributed by atoms with E-state index in [2.05, 4.69) is 20.8 Å². The largest absolute Gasteiger partial charge is 0.0776 e. The number of hydrogen-bond donors (Lipinski definition) is 0. The van der Waals surface area contributed by atoms with Gasteiger partial charge in [-0.25, -0.2) is 0 Å². The minimum absolute atomic E-state index is 0. The summed E-state index contributed by atoms with van der Waals surface area (Å²) in [6, 6.07) is 0. The Balaban J connectivity index is 0.000000166. The summed E-state index contributed by atoms with van der Waals surface area (Å²) in [5.41, 5.74) is 0.764. The molecule has 0 heteroatoms. The monoisotopic (exact) mass is 238 g/mol. The smallest absolute Gasteiger partial charge is 0.0328 e. The van der Waals surface area contributed by atoms with Gasteiger partial charge in [0.1, 0.15) is 0 Å². The van der Waals surface area contributed by atoms with Crippen LogP contribution in [0.25, 0.3) is 0 Å². The van der Waals surface area contributed by atoms with Crippen LogP contribution in [0.3, 0.4) is 0 Å². The SMILES string of the molecule is C.CCC1(C)CCC1.CCC1CC2CC(C1)C2. The van der Waals surface area contributed by atoms with E-state index in [9.17, 15) is 0 Å². The molecular weight excluding hydrogens is 204 g/mol. The molecular formula is C17H34. The topological polar surface area (TPSA) is 0 Å². The first-order chi connectivity index (χ1) is 7.65. The molecule has 4 fully saturated rings. The van der Waals surface area contributed by atoms with E-state index in [1.165, 1.54) is 32.1 Å². The van der Waals surface area contributed by atoms with Gasteiger partial charge in [-0.2, -0.15) is 0 Å². The summed E-state index contributed by atoms with van der Waals surface area (Å²) in [6.07, 6.45) is 13.5. The van der Waals surface area contributed by atoms with Crippen LogP contribution in [0.4, 0.5) is 0 Å². The molecule has 0 amide bonds. The van der Waals surface area contributed by atoms with Crippen LogP contribution in [0.5, 0.6) is 0 Å². The Kier molecular flexibility index (Phi) is 5.54. The van der Waals surface area contributed by atoms with Crippen LogP contribution in [-0.2, 0) is 0 Å². The Hall–Kier alpha value is 0. The predicted molar refractivity (Wildman–Crippen MR) is 78.2 cm³/mol. The number of fused-ring (bicyclic) bond motifs is 2. The van der Waals surface area contributed by atoms with Crippen LogP contribution >= 0.6 is 0 Å². The molecule has 0 aromatic carbocycles. The fraction of sp³-hybridized carbons (Fsp3) is 1.00. The minimum atomic E-state index is 0. The fourth-order valence-electron chi connectivity index (χ4n) is 3.76. The third-order valence-corrected chi connectivity index (χ3v) is 5.66. The second-order valence-corrected chi connectivity index (χ2v) is 6.97. The molecule has 4 rings (SSSR count). The van der Waals surface area contributed by atoms with Crippen molar-refractivity contribution in [3.05, 3.63) is 0 Å². The molecule has 0 aromatic rings. The van der Waals surface area contributed by atoms with E-state index in [1.54, 1.807) is 25.7 Å². The second kappa shape index (κ2) is 6.25. The molecule has 102 valence electrons. The lowest BCUT2D eigenvalue weighted by Crippen LogP contribution is -2.33. The maximum Gasteiger partial charge on any atom is -0.0328 e. The van der Waals surface area contributed by atoms with Crippen molar-refractivity contribution in [3.8, 4) is 0 Å². The highest BCUT2D eigenvalue weighted by atomic mass is 14.4. The van der Waals surface area contributed by atoms with Crippen molar-refractivity contribution in [2.24, 2.45) is 23.2 Å². The lowest BCUT2D eigenvalue weighted by Gasteiger charge is -2.45. The first kappa shape index (κ1) is 15.1. The zero-order chi connectivity index (χ0) is 11.6. The Morgan fingerprint density at radius 3 is 1.65 bits per heavy atom. The molecule has 0 unspecified atom stereocenters. The molecule has 0 nitrogen and oxygen atoms in total. The first-order valence-corrected chi connectivity index (χ1v) is 7.65. The van der Waals surface area contributed by atoms with Gasteiger partial charge < -0.3 is 0 Å². The van der Waals surface area contributed by atoms with Crippen molar-refractivity contribution in [3.63, 3.8) is 0 Å². The third kappa shape index (κ3) is 3.73. The van der Waals surface area contributed by atoms with E-state index in [0.717, 1.165) is 23.2 Å². The van der Waals surface area contributed by atoms with Crippen molar-refractivity contribution in [2.45, 2.75) is 86.0 Å². The van der Waals surface area contributed by atoms with Crippen LogP contribution in [0.2, 0.25) is 0 Å². The molecule has 0 aliphatic heterocycles. The van der Waals surface area contributed by atoms with Crippen LogP contribution in [0.1, 0.15) is 86.0 Å². The van der Waals surface area contributed by atoms with Crippen LogP contribution in [0, 0.1) is 23.2 Å². The number of hydrogen-bond acceptors (Lipinski definition) is 0. The molecule has 4 saturated carbocycles. The summed E-state index contributed by atoms with van der Waals surface area (Å²) in [7, 11) is 0. The van der Waals surface area contributed by atoms with Crippen molar-refractivity contribution in [1.29, 1.82) is 0 Å². The zero-order valence-electron chi connectivity index (χ0n) is 11.6. The van der Waals surface area contributed by atoms with Crippen LogP contribution < -0.4 is 0 Å². The van der Waals surface area contributed by atoms with Gasteiger partial charge in [-0.05, 0) is 61.7 Å². The van der Waals surface area contributed by atoms with Gasteiger partial charge in [0.15, 0.2) is 0 Å². The van der Waals surface area contributed by atoms with Gasteiger partial charge in [0.05, 0.1) is 0 Å². The van der Waals surface area contributed by atoms with Gasteiger partial charge in [0.2, 0.25) is 0 Å². The molecule has 4 aliphatic carbocycles. The first-order valence-electron chi connectivity index (χ1n) is 7.65. The Morgan fingerprint density at radius 1 is 0.941 bits per heavy atom. The lowest BCUT2D eigenvalue weighted by atomic mass is 9.61. The average Bonchev–Trinajstić information content (AvgIpc) is 2.26. The summed E-state index contributed by atoms with van der Waals surface area (Å²) < 4.78 is 0. The molecule has 0 saturated heterocycles. The molecule has 0 heterocycles. The van der Waals surface area contributed by atoms with Crippen molar-refractivity contribution in [2.75, 3.05) is 0 Å². The molecule has 2 bridgehead atoms. The normalized spacial score (nSPS) is 36.5. The van der Waals surface area contributed by atoms with E-state index < -0.39 is 0 Å². The summed E-state index contributed by atoms with van der Waals surface area (Å²) >= 11 is 0. The fourth-order valence-corrected chi connectivity index (χ4v) is 3.76. The Morgan fingerprint density at radius 2 is 1.47 bits per heavy atom. The van der Waals surface area contributed by atoms with E-state index in [-0.39, 0.29) is 7.43 Å². The van der Waals surface area contributed by atoms with Gasteiger partial charge >= 0.3 is 0 Å². The molecule has 4 aliphatic rings. The minimum Gasteiger partial charge on any atom is -0.0776 e. The van der Waals surface area contributed by atoms with Crippen molar-refractivity contribution < 1.29 is 0 Å². The predicted octanol–water partition coefficient (Wildman–Crippen LogP) is 6.06. The van der Waals surface area contributed by atoms with Crippen LogP contribution in [-0.4, -0.2) is 0 Å². The second-order valence-electron chi connectivity index (χ2n) is 6.97. The molecule has 17 heavy (non-hydrogen) atoms. The molecule has 0 N–H and O–H groups in total. The standard InChI is InChI=1S/C9H16.C7H14.CH4/c1-2-7-3-8-5-9(4-7)6-8;1-3-7(2)5-4-6-7;/h7-9H,2-6H2,1H3;3-6H2,1-2H3;1H4. The summed E-state index contributed by atoms with van der Waals surface area (Å²) in [5, 5.41) is 0. The summed E-state index contributed by atoms with van der Waals surface area (Å²) in [4.78, 5) is 0. The highest BCUT2D eigenvalue weighted by Gasteiger charge is 2.36. The van der Waals surface area contributed by atoms with Crippen LogP contribution in [0.15, 0.2) is 0 Å². The van der Waals surface area contributed by atoms with Crippen molar-refractivity contribution >= 4 is 0 Å². The van der Waals surface area contributed by atoms with Gasteiger partial charge in [-0.3, -0.25) is 0 Å². The van der Waals surface area contributed by atoms with Gasteiger partial charge in [-0.15, -0.1) is 0 Å². The highest BCUT2D eigenvalue weighted by Crippen LogP contribution is 2.48. The van der Waals surface area contributed by atoms with E-state index in [1.807, 2.05) is 0 Å². The molecule has 0 spiro atoms. The third-order valence-electron chi connectivity index (χ3n) is 5.66. The van der Waals surface area contributed by atoms with Gasteiger partial charge in [0.25, 0.3) is 0 Å². The quantitative estimate of drug-likeness (QED) is 0.549. The summed E-state index contributed by atoms with van der Waals surface area (Å²) in [6.45, 7) is 7.02. The average molecular weight is 238 g/mol. The zero-order valence-corrected chi connectivity index (χ0v) is 11.6. The maximum absolute atomic E-state index is 2.39. The van der Waals surface area contributed by atoms with Gasteiger partial charge in [0, 0.05) is 0 Å². The number of rotatable bonds is 2. The van der Waals surface area contributed by atoms with E-state index in [4.69, 9.17) is 0 Å². The Bertz CT molecular complexity index is 193. The van der Waals surface area contributed by atoms with Crippen molar-refractivity contribution in [1.82, 2.24) is 0 Å². The summed E-state index contributed by atoms with van der Waals surface area (Å²) in [5.74, 6) is 3.44. The molecule has 0 aromatic heterocycles. The molecule has 0 radical (unpaired) electrons. The maximum atomic E-state index is 2.39. The Labute approximate surface area is 110 Å². The lowest BCUT2D eigenvalue weighted by molar-refractivity contribution is 0.0657. The highest BCUT2D eigenvalue weighted by molar-refractivity contribution is 4.88. The van der Waals surface area contributed by atoms with E-state index in [0.29, 0.717) is 0 Å². The van der Waals surface area contributed by atoms with Gasteiger partial charge in [-0.1, -0.05) is 47.5 Å².